The number of thiocarbonyl (C=S) groups is 1. The normalized spacial score (nSPS) is 11.7. The SMILES string of the molecule is NC(=O)C(N)C(=S)NC(=O)c1ccc(Cn2ccnc2)cc1. The minimum Gasteiger partial charge on any atom is -0.368 e. The first kappa shape index (κ1) is 15.8. The van der Waals surface area contributed by atoms with Crippen molar-refractivity contribution in [1.29, 1.82) is 0 Å². The van der Waals surface area contributed by atoms with Gasteiger partial charge in [-0.05, 0) is 17.7 Å². The van der Waals surface area contributed by atoms with Gasteiger partial charge in [0.1, 0.15) is 11.0 Å². The van der Waals surface area contributed by atoms with Crippen LogP contribution in [0.25, 0.3) is 0 Å². The Morgan fingerprint density at radius 3 is 2.55 bits per heavy atom. The van der Waals surface area contributed by atoms with Crippen LogP contribution in [0.2, 0.25) is 0 Å². The van der Waals surface area contributed by atoms with Crippen molar-refractivity contribution in [3.05, 3.63) is 54.1 Å². The summed E-state index contributed by atoms with van der Waals surface area (Å²) in [6, 6.07) is 5.80. The van der Waals surface area contributed by atoms with E-state index in [4.69, 9.17) is 23.7 Å². The van der Waals surface area contributed by atoms with E-state index in [1.54, 1.807) is 24.7 Å². The molecule has 1 heterocycles. The summed E-state index contributed by atoms with van der Waals surface area (Å²) in [7, 11) is 0. The highest BCUT2D eigenvalue weighted by molar-refractivity contribution is 7.80. The summed E-state index contributed by atoms with van der Waals surface area (Å²) in [5.74, 6) is -1.23. The Balaban J connectivity index is 1.99. The number of hydrogen-bond acceptors (Lipinski definition) is 5. The van der Waals surface area contributed by atoms with E-state index < -0.39 is 17.9 Å². The van der Waals surface area contributed by atoms with Crippen LogP contribution >= 0.6 is 12.2 Å². The summed E-state index contributed by atoms with van der Waals surface area (Å²) in [5.41, 5.74) is 11.9. The molecule has 1 unspecified atom stereocenters. The molecule has 1 aromatic heterocycles. The number of nitrogens with two attached hydrogens (primary N) is 2. The number of aromatic nitrogens is 2. The first-order valence-electron chi connectivity index (χ1n) is 6.42. The Morgan fingerprint density at radius 1 is 1.32 bits per heavy atom. The van der Waals surface area contributed by atoms with Gasteiger partial charge in [-0.15, -0.1) is 0 Å². The molecule has 2 amide bonds. The van der Waals surface area contributed by atoms with Crippen molar-refractivity contribution in [3.63, 3.8) is 0 Å². The number of carbonyl (C=O) groups is 2. The third-order valence-electron chi connectivity index (χ3n) is 2.97. The van der Waals surface area contributed by atoms with Crippen LogP contribution in [0.5, 0.6) is 0 Å². The van der Waals surface area contributed by atoms with E-state index in [0.717, 1.165) is 5.56 Å². The average molecular weight is 317 g/mol. The van der Waals surface area contributed by atoms with Gasteiger partial charge in [-0.2, -0.15) is 0 Å². The molecule has 0 saturated heterocycles. The molecule has 8 heteroatoms. The van der Waals surface area contributed by atoms with Gasteiger partial charge < -0.3 is 21.4 Å². The Bertz CT molecular complexity index is 682. The average Bonchev–Trinajstić information content (AvgIpc) is 2.99. The molecule has 0 bridgehead atoms. The molecular weight excluding hydrogens is 302 g/mol. The molecule has 0 spiro atoms. The van der Waals surface area contributed by atoms with Gasteiger partial charge in [-0.3, -0.25) is 9.59 Å². The number of rotatable bonds is 5. The first-order valence-corrected chi connectivity index (χ1v) is 6.83. The largest absolute Gasteiger partial charge is 0.368 e. The van der Waals surface area contributed by atoms with Gasteiger partial charge in [0.2, 0.25) is 5.91 Å². The van der Waals surface area contributed by atoms with Crippen LogP contribution < -0.4 is 16.8 Å². The van der Waals surface area contributed by atoms with E-state index in [9.17, 15) is 9.59 Å². The third-order valence-corrected chi connectivity index (χ3v) is 3.32. The Kier molecular flexibility index (Phi) is 4.97. The first-order chi connectivity index (χ1) is 10.5. The molecule has 0 aliphatic carbocycles. The molecule has 0 aliphatic rings. The van der Waals surface area contributed by atoms with Crippen LogP contribution in [0.15, 0.2) is 43.0 Å². The second-order valence-electron chi connectivity index (χ2n) is 4.63. The Labute approximate surface area is 132 Å². The van der Waals surface area contributed by atoms with Gasteiger partial charge in [0.15, 0.2) is 0 Å². The fraction of sp³-hybridized carbons (Fsp3) is 0.143. The molecule has 1 atom stereocenters. The topological polar surface area (TPSA) is 116 Å². The van der Waals surface area contributed by atoms with Crippen molar-refractivity contribution in [3.8, 4) is 0 Å². The highest BCUT2D eigenvalue weighted by Crippen LogP contribution is 2.06. The lowest BCUT2D eigenvalue weighted by Gasteiger charge is -2.11. The second-order valence-corrected chi connectivity index (χ2v) is 5.07. The van der Waals surface area contributed by atoms with Crippen molar-refractivity contribution in [1.82, 2.24) is 14.9 Å². The Morgan fingerprint density at radius 2 is 2.00 bits per heavy atom. The van der Waals surface area contributed by atoms with Crippen LogP contribution in [0.4, 0.5) is 0 Å². The standard InChI is InChI=1S/C14H15N5O2S/c15-11(12(16)20)14(22)18-13(21)10-3-1-9(2-4-10)7-19-6-5-17-8-19/h1-6,8,11H,7,15H2,(H2,16,20)(H,18,21,22). The summed E-state index contributed by atoms with van der Waals surface area (Å²) in [5, 5.41) is 2.39. The Hall–Kier alpha value is -2.58. The number of nitrogens with zero attached hydrogens (tertiary/aromatic N) is 2. The predicted molar refractivity (Wildman–Crippen MR) is 85.0 cm³/mol. The van der Waals surface area contributed by atoms with E-state index >= 15 is 0 Å². The van der Waals surface area contributed by atoms with Gasteiger partial charge in [0, 0.05) is 24.5 Å². The number of benzene rings is 1. The van der Waals surface area contributed by atoms with Gasteiger partial charge in [-0.1, -0.05) is 24.4 Å². The van der Waals surface area contributed by atoms with Crippen LogP contribution in [-0.4, -0.2) is 32.4 Å². The summed E-state index contributed by atoms with van der Waals surface area (Å²) in [6.07, 6.45) is 5.26. The van der Waals surface area contributed by atoms with E-state index in [1.165, 1.54) is 0 Å². The van der Waals surface area contributed by atoms with Crippen molar-refractivity contribution in [2.24, 2.45) is 11.5 Å². The van der Waals surface area contributed by atoms with Crippen molar-refractivity contribution < 1.29 is 9.59 Å². The minimum absolute atomic E-state index is 0.0972. The lowest BCUT2D eigenvalue weighted by atomic mass is 10.1. The van der Waals surface area contributed by atoms with Crippen LogP contribution in [-0.2, 0) is 11.3 Å². The van der Waals surface area contributed by atoms with Gasteiger partial charge in [-0.25, -0.2) is 4.98 Å². The van der Waals surface area contributed by atoms with Crippen LogP contribution in [0.3, 0.4) is 0 Å². The number of carbonyl (C=O) groups excluding carboxylic acids is 2. The molecule has 0 fully saturated rings. The molecule has 2 aromatic rings. The maximum Gasteiger partial charge on any atom is 0.256 e. The fourth-order valence-corrected chi connectivity index (χ4v) is 1.95. The predicted octanol–water partition coefficient (Wildman–Crippen LogP) is -0.199. The maximum absolute atomic E-state index is 12.0. The molecule has 7 nitrogen and oxygen atoms in total. The van der Waals surface area contributed by atoms with Crippen molar-refractivity contribution in [2.75, 3.05) is 0 Å². The van der Waals surface area contributed by atoms with E-state index in [2.05, 4.69) is 10.3 Å². The van der Waals surface area contributed by atoms with E-state index in [-0.39, 0.29) is 4.99 Å². The molecule has 2 rings (SSSR count). The zero-order valence-corrected chi connectivity index (χ0v) is 12.4. The van der Waals surface area contributed by atoms with Crippen molar-refractivity contribution in [2.45, 2.75) is 12.6 Å². The highest BCUT2D eigenvalue weighted by Gasteiger charge is 2.18. The third kappa shape index (κ3) is 3.96. The number of imidazole rings is 1. The molecular formula is C14H15N5O2S. The number of nitrogens with one attached hydrogen (secondary N) is 1. The molecule has 22 heavy (non-hydrogen) atoms. The smallest absolute Gasteiger partial charge is 0.256 e. The summed E-state index contributed by atoms with van der Waals surface area (Å²) >= 11 is 4.86. The highest BCUT2D eigenvalue weighted by atomic mass is 32.1. The number of amides is 2. The zero-order chi connectivity index (χ0) is 16.1. The number of hydrogen-bond donors (Lipinski definition) is 3. The molecule has 0 radical (unpaired) electrons. The van der Waals surface area contributed by atoms with Crippen LogP contribution in [0, 0.1) is 0 Å². The van der Waals surface area contributed by atoms with Gasteiger partial charge >= 0.3 is 0 Å². The lowest BCUT2D eigenvalue weighted by Crippen LogP contribution is -2.49. The summed E-state index contributed by atoms with van der Waals surface area (Å²) in [4.78, 5) is 26.8. The lowest BCUT2D eigenvalue weighted by molar-refractivity contribution is -0.117. The van der Waals surface area contributed by atoms with Gasteiger partial charge in [0.05, 0.1) is 6.33 Å². The minimum atomic E-state index is -1.18. The monoisotopic (exact) mass is 317 g/mol. The number of primary amides is 1. The summed E-state index contributed by atoms with van der Waals surface area (Å²) < 4.78 is 1.91. The molecule has 5 N–H and O–H groups in total. The zero-order valence-electron chi connectivity index (χ0n) is 11.6. The van der Waals surface area contributed by atoms with E-state index in [1.807, 2.05) is 22.9 Å². The molecule has 114 valence electrons. The quantitative estimate of drug-likeness (QED) is 0.661. The van der Waals surface area contributed by atoms with Gasteiger partial charge in [0.25, 0.3) is 5.91 Å². The summed E-state index contributed by atoms with van der Waals surface area (Å²) in [6.45, 7) is 0.660. The fourth-order valence-electron chi connectivity index (χ4n) is 1.74. The van der Waals surface area contributed by atoms with Crippen LogP contribution in [0.1, 0.15) is 15.9 Å². The van der Waals surface area contributed by atoms with E-state index in [0.29, 0.717) is 12.1 Å². The van der Waals surface area contributed by atoms with Crippen molar-refractivity contribution >= 4 is 29.0 Å². The molecule has 1 aromatic carbocycles. The maximum atomic E-state index is 12.0. The molecule has 0 aliphatic heterocycles. The second kappa shape index (κ2) is 6.92. The molecule has 0 saturated carbocycles.